The van der Waals surface area contributed by atoms with Gasteiger partial charge in [-0.3, -0.25) is 10.1 Å². The van der Waals surface area contributed by atoms with Crippen molar-refractivity contribution in [1.82, 2.24) is 25.2 Å². The van der Waals surface area contributed by atoms with Crippen LogP contribution in [0.15, 0.2) is 24.3 Å². The van der Waals surface area contributed by atoms with Crippen LogP contribution >= 0.6 is 0 Å². The van der Waals surface area contributed by atoms with E-state index >= 15 is 0 Å². The van der Waals surface area contributed by atoms with E-state index in [0.29, 0.717) is 12.5 Å². The number of rotatable bonds is 4. The third kappa shape index (κ3) is 3.97. The fourth-order valence-corrected chi connectivity index (χ4v) is 4.17. The molecule has 2 N–H and O–H groups in total. The molecule has 2 saturated heterocycles. The van der Waals surface area contributed by atoms with Crippen molar-refractivity contribution in [3.8, 4) is 0 Å². The molecule has 0 aliphatic carbocycles. The van der Waals surface area contributed by atoms with Gasteiger partial charge in [0.25, 0.3) is 5.91 Å². The Labute approximate surface area is 170 Å². The fraction of sp³-hybridized carbons (Fsp3) is 0.524. The lowest BCUT2D eigenvalue weighted by molar-refractivity contribution is 0.0788. The van der Waals surface area contributed by atoms with E-state index < -0.39 is 0 Å². The van der Waals surface area contributed by atoms with Gasteiger partial charge in [-0.2, -0.15) is 5.21 Å². The number of H-pyrrole nitrogens is 1. The average Bonchev–Trinajstić information content (AvgIpc) is 3.48. The summed E-state index contributed by atoms with van der Waals surface area (Å²) in [5.41, 5.74) is 2.60. The molecule has 0 saturated carbocycles. The standard InChI is InChI=1S/C21H28N6O2/c1-14(2)15-7-9-16(10-8-15)17-6-5-13-27(17)21(29)22-19-18(23-25-24-19)20(28)26-11-3-4-12-26/h7-10,14,17H,3-6,11-13H2,1-2H3,(H2,22,23,24,25,29). The van der Waals surface area contributed by atoms with Gasteiger partial charge in [-0.25, -0.2) is 4.79 Å². The molecule has 8 nitrogen and oxygen atoms in total. The van der Waals surface area contributed by atoms with Gasteiger partial charge in [0, 0.05) is 19.6 Å². The summed E-state index contributed by atoms with van der Waals surface area (Å²) >= 11 is 0. The molecule has 2 aliphatic rings. The number of anilines is 1. The first kappa shape index (κ1) is 19.4. The molecule has 4 rings (SSSR count). The quantitative estimate of drug-likeness (QED) is 0.827. The smallest absolute Gasteiger partial charge is 0.323 e. The van der Waals surface area contributed by atoms with E-state index in [1.165, 1.54) is 5.56 Å². The van der Waals surface area contributed by atoms with Crippen LogP contribution in [0.3, 0.4) is 0 Å². The molecule has 2 aliphatic heterocycles. The maximum absolute atomic E-state index is 13.0. The van der Waals surface area contributed by atoms with Gasteiger partial charge in [0.05, 0.1) is 6.04 Å². The van der Waals surface area contributed by atoms with Crippen LogP contribution in [0.2, 0.25) is 0 Å². The van der Waals surface area contributed by atoms with Crippen LogP contribution in [0.4, 0.5) is 10.6 Å². The summed E-state index contributed by atoms with van der Waals surface area (Å²) in [6, 6.07) is 8.29. The van der Waals surface area contributed by atoms with E-state index in [1.807, 2.05) is 4.90 Å². The molecule has 1 aromatic carbocycles. The number of carbonyl (C=O) groups is 2. The van der Waals surface area contributed by atoms with Crippen molar-refractivity contribution >= 4 is 17.8 Å². The van der Waals surface area contributed by atoms with Gasteiger partial charge in [-0.15, -0.1) is 10.2 Å². The summed E-state index contributed by atoms with van der Waals surface area (Å²) in [5.74, 6) is 0.493. The fourth-order valence-electron chi connectivity index (χ4n) is 4.17. The Morgan fingerprint density at radius 3 is 2.48 bits per heavy atom. The Morgan fingerprint density at radius 1 is 1.07 bits per heavy atom. The molecule has 3 amide bonds. The molecule has 2 fully saturated rings. The lowest BCUT2D eigenvalue weighted by atomic mass is 9.98. The van der Waals surface area contributed by atoms with Crippen molar-refractivity contribution in [3.05, 3.63) is 41.1 Å². The number of hydrogen-bond donors (Lipinski definition) is 2. The van der Waals surface area contributed by atoms with Crippen LogP contribution < -0.4 is 5.32 Å². The molecular weight excluding hydrogens is 368 g/mol. The molecule has 1 atom stereocenters. The minimum absolute atomic E-state index is 0.0286. The highest BCUT2D eigenvalue weighted by atomic mass is 16.2. The largest absolute Gasteiger partial charge is 0.337 e. The first-order valence-electron chi connectivity index (χ1n) is 10.4. The Bertz CT molecular complexity index is 870. The lowest BCUT2D eigenvalue weighted by Crippen LogP contribution is -2.35. The van der Waals surface area contributed by atoms with E-state index in [1.54, 1.807) is 4.90 Å². The SMILES string of the molecule is CC(C)c1ccc(C2CCCN2C(=O)Nc2n[nH]nc2C(=O)N2CCCC2)cc1. The van der Waals surface area contributed by atoms with Crippen molar-refractivity contribution in [3.63, 3.8) is 0 Å². The summed E-state index contributed by atoms with van der Waals surface area (Å²) in [7, 11) is 0. The number of urea groups is 1. The van der Waals surface area contributed by atoms with Crippen molar-refractivity contribution in [2.24, 2.45) is 0 Å². The maximum Gasteiger partial charge on any atom is 0.323 e. The molecule has 0 spiro atoms. The molecular formula is C21H28N6O2. The number of aromatic nitrogens is 3. The first-order chi connectivity index (χ1) is 14.0. The molecule has 1 aromatic heterocycles. The van der Waals surface area contributed by atoms with Crippen molar-refractivity contribution < 1.29 is 9.59 Å². The zero-order valence-corrected chi connectivity index (χ0v) is 17.0. The minimum atomic E-state index is -0.246. The molecule has 8 heteroatoms. The highest BCUT2D eigenvalue weighted by Gasteiger charge is 2.32. The van der Waals surface area contributed by atoms with E-state index in [9.17, 15) is 9.59 Å². The number of likely N-dealkylation sites (tertiary alicyclic amines) is 2. The van der Waals surface area contributed by atoms with Crippen LogP contribution in [0.1, 0.15) is 73.1 Å². The van der Waals surface area contributed by atoms with Gasteiger partial charge < -0.3 is 9.80 Å². The molecule has 1 unspecified atom stereocenters. The number of amides is 3. The zero-order valence-electron chi connectivity index (χ0n) is 17.0. The Balaban J connectivity index is 1.47. The van der Waals surface area contributed by atoms with Gasteiger partial charge in [-0.05, 0) is 42.7 Å². The van der Waals surface area contributed by atoms with Crippen LogP contribution in [0.25, 0.3) is 0 Å². The lowest BCUT2D eigenvalue weighted by Gasteiger charge is -2.25. The summed E-state index contributed by atoms with van der Waals surface area (Å²) < 4.78 is 0. The summed E-state index contributed by atoms with van der Waals surface area (Å²) in [5, 5.41) is 13.3. The number of nitrogens with zero attached hydrogens (tertiary/aromatic N) is 4. The highest BCUT2D eigenvalue weighted by Crippen LogP contribution is 2.33. The van der Waals surface area contributed by atoms with E-state index in [-0.39, 0.29) is 29.5 Å². The second kappa shape index (κ2) is 8.23. The Hall–Kier alpha value is -2.90. The summed E-state index contributed by atoms with van der Waals surface area (Å²) in [6.45, 7) is 6.46. The highest BCUT2D eigenvalue weighted by molar-refractivity contribution is 6.00. The van der Waals surface area contributed by atoms with Gasteiger partial charge in [0.2, 0.25) is 0 Å². The van der Waals surface area contributed by atoms with Crippen LogP contribution in [0, 0.1) is 0 Å². The van der Waals surface area contributed by atoms with Crippen LogP contribution in [-0.2, 0) is 0 Å². The number of nitrogens with one attached hydrogen (secondary N) is 2. The summed E-state index contributed by atoms with van der Waals surface area (Å²) in [6.07, 6.45) is 3.86. The third-order valence-electron chi connectivity index (χ3n) is 5.87. The monoisotopic (exact) mass is 396 g/mol. The molecule has 154 valence electrons. The predicted octanol–water partition coefficient (Wildman–Crippen LogP) is 3.53. The number of carbonyl (C=O) groups excluding carboxylic acids is 2. The van der Waals surface area contributed by atoms with Crippen molar-refractivity contribution in [1.29, 1.82) is 0 Å². The number of aromatic amines is 1. The first-order valence-corrected chi connectivity index (χ1v) is 10.4. The molecule has 0 radical (unpaired) electrons. The summed E-state index contributed by atoms with van der Waals surface area (Å²) in [4.78, 5) is 29.2. The van der Waals surface area contributed by atoms with Gasteiger partial charge >= 0.3 is 6.03 Å². The second-order valence-corrected chi connectivity index (χ2v) is 8.12. The normalized spacial score (nSPS) is 19.2. The van der Waals surface area contributed by atoms with E-state index in [0.717, 1.165) is 44.3 Å². The molecule has 3 heterocycles. The van der Waals surface area contributed by atoms with E-state index in [2.05, 4.69) is 58.8 Å². The van der Waals surface area contributed by atoms with Gasteiger partial charge in [0.15, 0.2) is 11.5 Å². The van der Waals surface area contributed by atoms with Crippen LogP contribution in [0.5, 0.6) is 0 Å². The maximum atomic E-state index is 13.0. The third-order valence-corrected chi connectivity index (χ3v) is 5.87. The van der Waals surface area contributed by atoms with Gasteiger partial charge in [-0.1, -0.05) is 38.1 Å². The minimum Gasteiger partial charge on any atom is -0.337 e. The Kier molecular flexibility index (Phi) is 5.51. The second-order valence-electron chi connectivity index (χ2n) is 8.12. The van der Waals surface area contributed by atoms with E-state index in [4.69, 9.17) is 0 Å². The number of benzene rings is 1. The predicted molar refractivity (Wildman–Crippen MR) is 110 cm³/mol. The molecule has 0 bridgehead atoms. The topological polar surface area (TPSA) is 94.2 Å². The zero-order chi connectivity index (χ0) is 20.4. The van der Waals surface area contributed by atoms with Crippen molar-refractivity contribution in [2.75, 3.05) is 25.0 Å². The van der Waals surface area contributed by atoms with Crippen LogP contribution in [-0.4, -0.2) is 56.8 Å². The molecule has 2 aromatic rings. The number of hydrogen-bond acceptors (Lipinski definition) is 4. The molecule has 29 heavy (non-hydrogen) atoms. The van der Waals surface area contributed by atoms with Crippen molar-refractivity contribution in [2.45, 2.75) is 51.5 Å². The average molecular weight is 396 g/mol. The van der Waals surface area contributed by atoms with Gasteiger partial charge in [0.1, 0.15) is 0 Å². The Morgan fingerprint density at radius 2 is 1.79 bits per heavy atom.